The van der Waals surface area contributed by atoms with Crippen molar-refractivity contribution in [3.8, 4) is 0 Å². The summed E-state index contributed by atoms with van der Waals surface area (Å²) in [6.45, 7) is 3.43. The van der Waals surface area contributed by atoms with E-state index in [1.54, 1.807) is 0 Å². The SMILES string of the molecule is C=CC[C@H](N)c1cc(F)c(F)cc1F.Cl. The smallest absolute Gasteiger partial charge is 0.161 e. The van der Waals surface area contributed by atoms with Crippen LogP contribution in [-0.2, 0) is 0 Å². The van der Waals surface area contributed by atoms with Gasteiger partial charge < -0.3 is 5.73 Å². The lowest BCUT2D eigenvalue weighted by Gasteiger charge is -2.10. The molecule has 2 N–H and O–H groups in total. The topological polar surface area (TPSA) is 26.0 Å². The van der Waals surface area contributed by atoms with Gasteiger partial charge in [-0.05, 0) is 12.5 Å². The van der Waals surface area contributed by atoms with E-state index in [1.165, 1.54) is 6.08 Å². The van der Waals surface area contributed by atoms with Crippen LogP contribution in [0, 0.1) is 17.5 Å². The van der Waals surface area contributed by atoms with Gasteiger partial charge in [-0.3, -0.25) is 0 Å². The van der Waals surface area contributed by atoms with Crippen LogP contribution in [-0.4, -0.2) is 0 Å². The van der Waals surface area contributed by atoms with E-state index < -0.39 is 23.5 Å². The molecule has 0 unspecified atom stereocenters. The second kappa shape index (κ2) is 5.78. The lowest BCUT2D eigenvalue weighted by atomic mass is 10.0. The second-order valence-corrected chi connectivity index (χ2v) is 2.92. The monoisotopic (exact) mass is 237 g/mol. The highest BCUT2D eigenvalue weighted by Gasteiger charge is 2.14. The molecule has 1 aromatic carbocycles. The van der Waals surface area contributed by atoms with Crippen LogP contribution in [0.5, 0.6) is 0 Å². The predicted molar refractivity (Wildman–Crippen MR) is 55.3 cm³/mol. The van der Waals surface area contributed by atoms with Gasteiger partial charge in [0.25, 0.3) is 0 Å². The molecule has 0 amide bonds. The Labute approximate surface area is 92.2 Å². The number of rotatable bonds is 3. The molecule has 1 atom stereocenters. The standard InChI is InChI=1S/C10H10F3N.ClH/c1-2-3-10(14)6-4-8(12)9(13)5-7(6)11;/h2,4-5,10H,1,3,14H2;1H/t10-;/m0./s1. The van der Waals surface area contributed by atoms with E-state index in [-0.39, 0.29) is 18.0 Å². The van der Waals surface area contributed by atoms with Gasteiger partial charge in [0, 0.05) is 17.7 Å². The van der Waals surface area contributed by atoms with Crippen LogP contribution >= 0.6 is 12.4 Å². The first-order chi connectivity index (χ1) is 6.56. The zero-order valence-electron chi connectivity index (χ0n) is 7.84. The first-order valence-electron chi connectivity index (χ1n) is 4.07. The minimum Gasteiger partial charge on any atom is -0.324 e. The Morgan fingerprint density at radius 3 is 2.27 bits per heavy atom. The number of hydrogen-bond acceptors (Lipinski definition) is 1. The summed E-state index contributed by atoms with van der Waals surface area (Å²) in [4.78, 5) is 0. The molecule has 84 valence electrons. The molecule has 0 heterocycles. The van der Waals surface area contributed by atoms with Crippen molar-refractivity contribution in [2.75, 3.05) is 0 Å². The molecule has 0 aromatic heterocycles. The highest BCUT2D eigenvalue weighted by molar-refractivity contribution is 5.85. The Bertz CT molecular complexity index is 355. The molecule has 1 nitrogen and oxygen atoms in total. The Morgan fingerprint density at radius 1 is 1.20 bits per heavy atom. The van der Waals surface area contributed by atoms with E-state index in [1.807, 2.05) is 0 Å². The van der Waals surface area contributed by atoms with Crippen LogP contribution in [0.3, 0.4) is 0 Å². The molecule has 15 heavy (non-hydrogen) atoms. The Balaban J connectivity index is 0.00000196. The molecule has 0 aliphatic heterocycles. The van der Waals surface area contributed by atoms with Crippen LogP contribution in [0.4, 0.5) is 13.2 Å². The fourth-order valence-electron chi connectivity index (χ4n) is 1.13. The van der Waals surface area contributed by atoms with Crippen LogP contribution in [0.25, 0.3) is 0 Å². The summed E-state index contributed by atoms with van der Waals surface area (Å²) >= 11 is 0. The van der Waals surface area contributed by atoms with Gasteiger partial charge in [0.05, 0.1) is 0 Å². The van der Waals surface area contributed by atoms with E-state index in [9.17, 15) is 13.2 Å². The largest absolute Gasteiger partial charge is 0.324 e. The molecular weight excluding hydrogens is 227 g/mol. The zero-order valence-corrected chi connectivity index (χ0v) is 8.66. The van der Waals surface area contributed by atoms with Crippen molar-refractivity contribution in [3.05, 3.63) is 47.8 Å². The van der Waals surface area contributed by atoms with E-state index in [4.69, 9.17) is 5.73 Å². The first kappa shape index (κ1) is 14.0. The summed E-state index contributed by atoms with van der Waals surface area (Å²) in [7, 11) is 0. The molecule has 0 radical (unpaired) electrons. The van der Waals surface area contributed by atoms with Crippen molar-refractivity contribution in [3.63, 3.8) is 0 Å². The minimum atomic E-state index is -1.21. The van der Waals surface area contributed by atoms with Crippen molar-refractivity contribution in [1.82, 2.24) is 0 Å². The lowest BCUT2D eigenvalue weighted by molar-refractivity contribution is 0.484. The Hall–Kier alpha value is -1.000. The molecule has 0 spiro atoms. The lowest BCUT2D eigenvalue weighted by Crippen LogP contribution is -2.12. The quantitative estimate of drug-likeness (QED) is 0.635. The van der Waals surface area contributed by atoms with Gasteiger partial charge in [0.2, 0.25) is 0 Å². The van der Waals surface area contributed by atoms with Crippen LogP contribution in [0.2, 0.25) is 0 Å². The molecule has 0 aliphatic carbocycles. The highest BCUT2D eigenvalue weighted by Crippen LogP contribution is 2.21. The maximum Gasteiger partial charge on any atom is 0.161 e. The number of benzene rings is 1. The summed E-state index contributed by atoms with van der Waals surface area (Å²) in [5, 5.41) is 0. The highest BCUT2D eigenvalue weighted by atomic mass is 35.5. The summed E-state index contributed by atoms with van der Waals surface area (Å²) in [5.74, 6) is -3.14. The maximum atomic E-state index is 13.1. The fraction of sp³-hybridized carbons (Fsp3) is 0.200. The molecule has 1 rings (SSSR count). The number of nitrogens with two attached hydrogens (primary N) is 1. The molecule has 0 aliphatic rings. The van der Waals surface area contributed by atoms with Crippen molar-refractivity contribution >= 4 is 12.4 Å². The predicted octanol–water partition coefficient (Wildman–Crippen LogP) is 3.10. The molecule has 0 saturated heterocycles. The van der Waals surface area contributed by atoms with Gasteiger partial charge in [0.1, 0.15) is 5.82 Å². The van der Waals surface area contributed by atoms with Crippen LogP contribution < -0.4 is 5.73 Å². The van der Waals surface area contributed by atoms with E-state index in [2.05, 4.69) is 6.58 Å². The van der Waals surface area contributed by atoms with Crippen molar-refractivity contribution in [2.24, 2.45) is 5.73 Å². The van der Waals surface area contributed by atoms with Crippen molar-refractivity contribution in [2.45, 2.75) is 12.5 Å². The average Bonchev–Trinajstić information content (AvgIpc) is 2.11. The summed E-state index contributed by atoms with van der Waals surface area (Å²) in [6.07, 6.45) is 1.80. The van der Waals surface area contributed by atoms with Crippen molar-refractivity contribution < 1.29 is 13.2 Å². The van der Waals surface area contributed by atoms with Gasteiger partial charge in [-0.1, -0.05) is 6.08 Å². The van der Waals surface area contributed by atoms with Gasteiger partial charge in [-0.15, -0.1) is 19.0 Å². The number of halogens is 4. The minimum absolute atomic E-state index is 0. The fourth-order valence-corrected chi connectivity index (χ4v) is 1.13. The van der Waals surface area contributed by atoms with E-state index in [0.717, 1.165) is 6.07 Å². The zero-order chi connectivity index (χ0) is 10.7. The molecule has 5 heteroatoms. The summed E-state index contributed by atoms with van der Waals surface area (Å²) in [5.41, 5.74) is 5.49. The normalized spacial score (nSPS) is 11.7. The van der Waals surface area contributed by atoms with Gasteiger partial charge >= 0.3 is 0 Å². The molecule has 1 aromatic rings. The van der Waals surface area contributed by atoms with Crippen molar-refractivity contribution in [1.29, 1.82) is 0 Å². The molecule has 0 bridgehead atoms. The Kier molecular flexibility index (Phi) is 5.39. The van der Waals surface area contributed by atoms with Gasteiger partial charge in [-0.2, -0.15) is 0 Å². The summed E-state index contributed by atoms with van der Waals surface area (Å²) < 4.78 is 38.4. The maximum absolute atomic E-state index is 13.1. The molecular formula is C10H11ClF3N. The van der Waals surface area contributed by atoms with E-state index in [0.29, 0.717) is 12.5 Å². The van der Waals surface area contributed by atoms with Crippen LogP contribution in [0.1, 0.15) is 18.0 Å². The average molecular weight is 238 g/mol. The molecule has 0 fully saturated rings. The third-order valence-electron chi connectivity index (χ3n) is 1.86. The van der Waals surface area contributed by atoms with E-state index >= 15 is 0 Å². The van der Waals surface area contributed by atoms with Gasteiger partial charge in [-0.25, -0.2) is 13.2 Å². The third-order valence-corrected chi connectivity index (χ3v) is 1.86. The first-order valence-corrected chi connectivity index (χ1v) is 4.07. The molecule has 0 saturated carbocycles. The Morgan fingerprint density at radius 2 is 1.73 bits per heavy atom. The van der Waals surface area contributed by atoms with Crippen LogP contribution in [0.15, 0.2) is 24.8 Å². The number of hydrogen-bond donors (Lipinski definition) is 1. The summed E-state index contributed by atoms with van der Waals surface area (Å²) in [6, 6.07) is 0.578. The van der Waals surface area contributed by atoms with Gasteiger partial charge in [0.15, 0.2) is 11.6 Å². The third kappa shape index (κ3) is 3.25. The second-order valence-electron chi connectivity index (χ2n) is 2.92.